The number of halogens is 1. The molecule has 9 nitrogen and oxygen atoms in total. The molecule has 1 N–H and O–H groups in total. The molecule has 41 heavy (non-hydrogen) atoms. The Morgan fingerprint density at radius 2 is 1.88 bits per heavy atom. The number of nitrogens with zero attached hydrogens (tertiary/aromatic N) is 4. The van der Waals surface area contributed by atoms with Crippen LogP contribution in [0.25, 0.3) is 0 Å². The molecule has 0 radical (unpaired) electrons. The third-order valence-corrected chi connectivity index (χ3v) is 8.11. The van der Waals surface area contributed by atoms with Crippen LogP contribution in [0.2, 0.25) is 0 Å². The van der Waals surface area contributed by atoms with E-state index in [1.54, 1.807) is 39.1 Å². The van der Waals surface area contributed by atoms with Gasteiger partial charge in [-0.1, -0.05) is 42.5 Å². The van der Waals surface area contributed by atoms with Crippen molar-refractivity contribution >= 4 is 23.2 Å². The quantitative estimate of drug-likeness (QED) is 0.346. The van der Waals surface area contributed by atoms with Gasteiger partial charge in [-0.15, -0.1) is 11.3 Å². The summed E-state index contributed by atoms with van der Waals surface area (Å²) in [5, 5.41) is 5.63. The normalized spacial score (nSPS) is 16.7. The van der Waals surface area contributed by atoms with Gasteiger partial charge >= 0.3 is 0 Å². The van der Waals surface area contributed by atoms with E-state index in [1.807, 2.05) is 35.7 Å². The molecule has 2 aromatic heterocycles. The van der Waals surface area contributed by atoms with Gasteiger partial charge < -0.3 is 19.5 Å². The molecule has 2 aromatic carbocycles. The van der Waals surface area contributed by atoms with Crippen molar-refractivity contribution in [3.8, 4) is 5.75 Å². The maximum atomic E-state index is 13.9. The summed E-state index contributed by atoms with van der Waals surface area (Å²) in [6.07, 6.45) is 3.76. The molecule has 0 aliphatic carbocycles. The first kappa shape index (κ1) is 26.9. The average molecular weight is 574 g/mol. The summed E-state index contributed by atoms with van der Waals surface area (Å²) in [6.45, 7) is 2.50. The highest BCUT2D eigenvalue weighted by Crippen LogP contribution is 2.30. The van der Waals surface area contributed by atoms with Gasteiger partial charge in [-0.2, -0.15) is 0 Å². The van der Waals surface area contributed by atoms with Crippen LogP contribution in [0.3, 0.4) is 0 Å². The van der Waals surface area contributed by atoms with Gasteiger partial charge in [-0.3, -0.25) is 19.3 Å². The molecule has 2 amide bonds. The van der Waals surface area contributed by atoms with E-state index < -0.39 is 11.3 Å². The summed E-state index contributed by atoms with van der Waals surface area (Å²) in [4.78, 5) is 49.3. The number of carbonyl (C=O) groups excluding carboxylic acids is 2. The first-order valence-corrected chi connectivity index (χ1v) is 14.3. The molecule has 4 heterocycles. The number of benzene rings is 2. The minimum atomic E-state index is -0.646. The molecular weight excluding hydrogens is 545 g/mol. The van der Waals surface area contributed by atoms with Gasteiger partial charge in [-0.05, 0) is 29.7 Å². The van der Waals surface area contributed by atoms with Crippen molar-refractivity contribution in [2.75, 3.05) is 13.1 Å². The molecule has 0 saturated carbocycles. The number of pyridine rings is 1. The molecule has 2 aliphatic rings. The smallest absolute Gasteiger partial charge is 0.275 e. The number of ether oxygens (including phenoxy) is 1. The van der Waals surface area contributed by atoms with Crippen molar-refractivity contribution in [1.82, 2.24) is 24.7 Å². The average Bonchev–Trinajstić information content (AvgIpc) is 3.50. The van der Waals surface area contributed by atoms with Crippen molar-refractivity contribution in [3.05, 3.63) is 116 Å². The predicted molar refractivity (Wildman–Crippen MR) is 151 cm³/mol. The number of hydrogen-bond acceptors (Lipinski definition) is 7. The van der Waals surface area contributed by atoms with Crippen LogP contribution in [0.5, 0.6) is 5.75 Å². The highest BCUT2D eigenvalue weighted by atomic mass is 32.1. The van der Waals surface area contributed by atoms with Gasteiger partial charge in [0.2, 0.25) is 5.43 Å². The maximum absolute atomic E-state index is 13.9. The third kappa shape index (κ3) is 5.63. The first-order valence-electron chi connectivity index (χ1n) is 13.4. The Morgan fingerprint density at radius 1 is 1.07 bits per heavy atom. The van der Waals surface area contributed by atoms with Gasteiger partial charge in [0.25, 0.3) is 11.8 Å². The van der Waals surface area contributed by atoms with E-state index >= 15 is 0 Å². The SMILES string of the molecule is O=C(NCc1ccc(F)cc1)c1cn2c(c(OCc3ccccc3)c1=O)C(=O)N1CCCN(Cc3nccs3)C1C2. The Labute approximate surface area is 239 Å². The van der Waals surface area contributed by atoms with Gasteiger partial charge in [0.15, 0.2) is 11.4 Å². The van der Waals surface area contributed by atoms with Crippen LogP contribution in [0.15, 0.2) is 77.2 Å². The largest absolute Gasteiger partial charge is 0.483 e. The summed E-state index contributed by atoms with van der Waals surface area (Å²) in [5.74, 6) is -1.41. The number of rotatable bonds is 8. The Hall–Kier alpha value is -4.35. The number of fused-ring (bicyclic) bond motifs is 2. The molecule has 0 spiro atoms. The number of thiazole rings is 1. The fraction of sp³-hybridized carbons (Fsp3) is 0.267. The highest BCUT2D eigenvalue weighted by Gasteiger charge is 2.41. The van der Waals surface area contributed by atoms with Crippen molar-refractivity contribution in [2.24, 2.45) is 0 Å². The number of nitrogens with one attached hydrogen (secondary N) is 1. The van der Waals surface area contributed by atoms with Gasteiger partial charge in [0.05, 0.1) is 13.1 Å². The second kappa shape index (κ2) is 11.6. The monoisotopic (exact) mass is 573 g/mol. The molecule has 6 rings (SSSR count). The Balaban J connectivity index is 1.34. The summed E-state index contributed by atoms with van der Waals surface area (Å²) in [7, 11) is 0. The van der Waals surface area contributed by atoms with Crippen molar-refractivity contribution in [3.63, 3.8) is 0 Å². The minimum absolute atomic E-state index is 0.0661. The van der Waals surface area contributed by atoms with Crippen molar-refractivity contribution in [1.29, 1.82) is 0 Å². The molecule has 2 aliphatic heterocycles. The van der Waals surface area contributed by atoms with Crippen LogP contribution in [-0.2, 0) is 26.2 Å². The van der Waals surface area contributed by atoms with E-state index in [-0.39, 0.29) is 48.0 Å². The summed E-state index contributed by atoms with van der Waals surface area (Å²) < 4.78 is 21.0. The van der Waals surface area contributed by atoms with Gasteiger partial charge in [-0.25, -0.2) is 9.37 Å². The predicted octanol–water partition coefficient (Wildman–Crippen LogP) is 3.64. The Bertz CT molecular complexity index is 1610. The molecule has 1 atom stereocenters. The van der Waals surface area contributed by atoms with E-state index in [0.717, 1.165) is 23.5 Å². The lowest BCUT2D eigenvalue weighted by atomic mass is 10.1. The van der Waals surface area contributed by atoms with Crippen molar-refractivity contribution < 1.29 is 18.7 Å². The lowest BCUT2D eigenvalue weighted by molar-refractivity contribution is -0.0142. The number of amides is 2. The van der Waals surface area contributed by atoms with E-state index in [1.165, 1.54) is 18.3 Å². The third-order valence-electron chi connectivity index (χ3n) is 7.35. The zero-order valence-corrected chi connectivity index (χ0v) is 23.0. The molecule has 210 valence electrons. The van der Waals surface area contributed by atoms with Crippen LogP contribution >= 0.6 is 11.3 Å². The lowest BCUT2D eigenvalue weighted by Crippen LogP contribution is -2.60. The van der Waals surface area contributed by atoms with Crippen LogP contribution in [0.1, 0.15) is 43.4 Å². The number of hydrogen-bond donors (Lipinski definition) is 1. The standard InChI is InChI=1S/C30H28FN5O4S/c31-22-9-7-20(8-10-22)15-33-29(38)23-16-35-18-25-34(17-24-32-11-14-41-24)12-4-13-36(25)30(39)26(35)28(27(23)37)40-19-21-5-2-1-3-6-21/h1-3,5-11,14,16,25H,4,12-13,15,17-19H2,(H,33,38). The fourth-order valence-electron chi connectivity index (χ4n) is 5.30. The topological polar surface area (TPSA) is 96.8 Å². The Morgan fingerprint density at radius 3 is 2.63 bits per heavy atom. The Kier molecular flexibility index (Phi) is 7.62. The van der Waals surface area contributed by atoms with Crippen LogP contribution in [-0.4, -0.2) is 50.4 Å². The molecular formula is C30H28FN5O4S. The summed E-state index contributed by atoms with van der Waals surface area (Å²) >= 11 is 1.56. The molecule has 1 unspecified atom stereocenters. The molecule has 1 saturated heterocycles. The van der Waals surface area contributed by atoms with Gasteiger partial charge in [0.1, 0.15) is 29.2 Å². The number of aromatic nitrogens is 2. The molecule has 4 aromatic rings. The van der Waals surface area contributed by atoms with Crippen LogP contribution in [0.4, 0.5) is 4.39 Å². The number of carbonyl (C=O) groups is 2. The van der Waals surface area contributed by atoms with E-state index in [9.17, 15) is 18.8 Å². The molecule has 1 fully saturated rings. The maximum Gasteiger partial charge on any atom is 0.275 e. The zero-order valence-electron chi connectivity index (χ0n) is 22.2. The van der Waals surface area contributed by atoms with E-state index in [4.69, 9.17) is 4.74 Å². The van der Waals surface area contributed by atoms with E-state index in [2.05, 4.69) is 15.2 Å². The first-order chi connectivity index (χ1) is 20.0. The second-order valence-corrected chi connectivity index (χ2v) is 11.0. The highest BCUT2D eigenvalue weighted by molar-refractivity contribution is 7.09. The molecule has 0 bridgehead atoms. The van der Waals surface area contributed by atoms with Gasteiger partial charge in [0, 0.05) is 37.4 Å². The summed E-state index contributed by atoms with van der Waals surface area (Å²) in [6, 6.07) is 15.1. The minimum Gasteiger partial charge on any atom is -0.483 e. The van der Waals surface area contributed by atoms with E-state index in [0.29, 0.717) is 25.2 Å². The summed E-state index contributed by atoms with van der Waals surface area (Å²) in [5.41, 5.74) is 0.887. The second-order valence-electron chi connectivity index (χ2n) is 10.0. The van der Waals surface area contributed by atoms with Crippen LogP contribution < -0.4 is 15.5 Å². The zero-order chi connectivity index (χ0) is 28.3. The molecule has 11 heteroatoms. The fourth-order valence-corrected chi connectivity index (χ4v) is 5.94. The lowest BCUT2D eigenvalue weighted by Gasteiger charge is -2.47. The van der Waals surface area contributed by atoms with Crippen molar-refractivity contribution in [2.45, 2.75) is 38.8 Å². The van der Waals surface area contributed by atoms with Crippen LogP contribution in [0, 0.1) is 5.82 Å².